The second kappa shape index (κ2) is 10.2. The fraction of sp³-hybridized carbons (Fsp3) is 0.375. The number of nitro benzene ring substituents is 1. The average molecular weight is 321 g/mol. The third-order valence-electron chi connectivity index (χ3n) is 2.70. The Hall–Kier alpha value is -2.54. The van der Waals surface area contributed by atoms with Gasteiger partial charge in [-0.05, 0) is 18.1 Å². The highest BCUT2D eigenvalue weighted by Gasteiger charge is 2.08. The maximum absolute atomic E-state index is 11.6. The fourth-order valence-corrected chi connectivity index (χ4v) is 1.64. The average Bonchev–Trinajstić information content (AvgIpc) is 2.53. The van der Waals surface area contributed by atoms with E-state index in [4.69, 9.17) is 9.47 Å². The van der Waals surface area contributed by atoms with Crippen LogP contribution in [0.1, 0.15) is 25.3 Å². The van der Waals surface area contributed by atoms with Crippen molar-refractivity contribution in [2.75, 3.05) is 19.8 Å². The predicted molar refractivity (Wildman–Crippen MR) is 83.8 cm³/mol. The third-order valence-corrected chi connectivity index (χ3v) is 2.70. The summed E-state index contributed by atoms with van der Waals surface area (Å²) >= 11 is 0. The van der Waals surface area contributed by atoms with Crippen molar-refractivity contribution in [3.63, 3.8) is 0 Å². The standard InChI is InChI=1S/C16H19NO6/c1-2-8-22-9-10-23-16(19)12-15(18)7-6-13-4-3-5-14(11-13)17(20)21/h3-7,11H,2,8-10,12H2,1H3. The second-order valence-electron chi connectivity index (χ2n) is 4.66. The molecule has 0 unspecified atom stereocenters. The van der Waals surface area contributed by atoms with E-state index in [1.54, 1.807) is 6.07 Å². The van der Waals surface area contributed by atoms with Crippen LogP contribution in [0.25, 0.3) is 6.08 Å². The first-order valence-corrected chi connectivity index (χ1v) is 7.21. The van der Waals surface area contributed by atoms with E-state index in [0.29, 0.717) is 18.8 Å². The first-order valence-electron chi connectivity index (χ1n) is 7.21. The summed E-state index contributed by atoms with van der Waals surface area (Å²) in [6, 6.07) is 5.84. The van der Waals surface area contributed by atoms with Crippen LogP contribution in [0.2, 0.25) is 0 Å². The number of esters is 1. The number of allylic oxidation sites excluding steroid dienone is 1. The number of non-ortho nitro benzene ring substituents is 1. The Labute approximate surface area is 134 Å². The van der Waals surface area contributed by atoms with Gasteiger partial charge in [-0.2, -0.15) is 0 Å². The van der Waals surface area contributed by atoms with Crippen LogP contribution in [-0.4, -0.2) is 36.5 Å². The molecule has 1 aromatic rings. The minimum Gasteiger partial charge on any atom is -0.463 e. The number of ether oxygens (including phenoxy) is 2. The number of hydrogen-bond acceptors (Lipinski definition) is 6. The molecule has 0 saturated carbocycles. The van der Waals surface area contributed by atoms with E-state index in [-0.39, 0.29) is 18.7 Å². The van der Waals surface area contributed by atoms with Gasteiger partial charge in [0.1, 0.15) is 13.0 Å². The zero-order valence-corrected chi connectivity index (χ0v) is 12.9. The van der Waals surface area contributed by atoms with Gasteiger partial charge in [0.25, 0.3) is 5.69 Å². The Bertz CT molecular complexity index is 582. The molecule has 0 atom stereocenters. The van der Waals surface area contributed by atoms with E-state index in [9.17, 15) is 19.7 Å². The van der Waals surface area contributed by atoms with Crippen LogP contribution in [0.15, 0.2) is 30.3 Å². The molecule has 0 aromatic heterocycles. The van der Waals surface area contributed by atoms with Crippen molar-refractivity contribution in [1.29, 1.82) is 0 Å². The lowest BCUT2D eigenvalue weighted by atomic mass is 10.1. The van der Waals surface area contributed by atoms with Gasteiger partial charge in [0.05, 0.1) is 11.5 Å². The molecule has 124 valence electrons. The van der Waals surface area contributed by atoms with Crippen LogP contribution in [0.4, 0.5) is 5.69 Å². The van der Waals surface area contributed by atoms with E-state index in [1.807, 2.05) is 6.92 Å². The summed E-state index contributed by atoms with van der Waals surface area (Å²) in [6.07, 6.45) is 3.13. The SMILES string of the molecule is CCCOCCOC(=O)CC(=O)C=Cc1cccc([N+](=O)[O-])c1. The number of hydrogen-bond donors (Lipinski definition) is 0. The van der Waals surface area contributed by atoms with Crippen LogP contribution in [-0.2, 0) is 19.1 Å². The van der Waals surface area contributed by atoms with Gasteiger partial charge in [0.15, 0.2) is 5.78 Å². The molecule has 0 heterocycles. The molecule has 0 aliphatic carbocycles. The lowest BCUT2D eigenvalue weighted by Gasteiger charge is -2.04. The molecule has 1 aromatic carbocycles. The van der Waals surface area contributed by atoms with Gasteiger partial charge >= 0.3 is 5.97 Å². The van der Waals surface area contributed by atoms with Gasteiger partial charge in [0.2, 0.25) is 0 Å². The van der Waals surface area contributed by atoms with Crippen molar-refractivity contribution in [3.05, 3.63) is 46.0 Å². The molecule has 1 rings (SSSR count). The van der Waals surface area contributed by atoms with Gasteiger partial charge in [-0.3, -0.25) is 19.7 Å². The lowest BCUT2D eigenvalue weighted by molar-refractivity contribution is -0.384. The topological polar surface area (TPSA) is 95.7 Å². The smallest absolute Gasteiger partial charge is 0.313 e. The number of ketones is 1. The summed E-state index contributed by atoms with van der Waals surface area (Å²) in [4.78, 5) is 33.2. The highest BCUT2D eigenvalue weighted by Crippen LogP contribution is 2.14. The van der Waals surface area contributed by atoms with Gasteiger partial charge in [0, 0.05) is 18.7 Å². The number of carbonyl (C=O) groups is 2. The van der Waals surface area contributed by atoms with Crippen molar-refractivity contribution in [2.45, 2.75) is 19.8 Å². The number of rotatable bonds is 10. The molecule has 7 nitrogen and oxygen atoms in total. The monoisotopic (exact) mass is 321 g/mol. The summed E-state index contributed by atoms with van der Waals surface area (Å²) in [6.45, 7) is 2.98. The van der Waals surface area contributed by atoms with E-state index < -0.39 is 16.7 Å². The van der Waals surface area contributed by atoms with Crippen molar-refractivity contribution in [1.82, 2.24) is 0 Å². The number of nitrogens with zero attached hydrogens (tertiary/aromatic N) is 1. The highest BCUT2D eigenvalue weighted by molar-refractivity contribution is 6.03. The highest BCUT2D eigenvalue weighted by atomic mass is 16.6. The summed E-state index contributed by atoms with van der Waals surface area (Å²) in [5.41, 5.74) is 0.444. The van der Waals surface area contributed by atoms with E-state index in [1.165, 1.54) is 30.4 Å². The molecule has 0 saturated heterocycles. The zero-order valence-electron chi connectivity index (χ0n) is 12.9. The fourth-order valence-electron chi connectivity index (χ4n) is 1.64. The Morgan fingerprint density at radius 3 is 2.74 bits per heavy atom. The minimum absolute atomic E-state index is 0.0638. The van der Waals surface area contributed by atoms with Gasteiger partial charge < -0.3 is 9.47 Å². The molecule has 0 fully saturated rings. The first kappa shape index (κ1) is 18.5. The van der Waals surface area contributed by atoms with E-state index in [0.717, 1.165) is 6.42 Å². The summed E-state index contributed by atoms with van der Waals surface area (Å²) in [7, 11) is 0. The molecule has 0 N–H and O–H groups in total. The molecule has 0 radical (unpaired) electrons. The number of carbonyl (C=O) groups excluding carboxylic acids is 2. The molecule has 0 aliphatic heterocycles. The Morgan fingerprint density at radius 2 is 2.04 bits per heavy atom. The zero-order chi connectivity index (χ0) is 17.1. The van der Waals surface area contributed by atoms with Gasteiger partial charge in [-0.15, -0.1) is 0 Å². The second-order valence-corrected chi connectivity index (χ2v) is 4.66. The molecule has 0 amide bonds. The molecule has 0 spiro atoms. The summed E-state index contributed by atoms with van der Waals surface area (Å²) in [5, 5.41) is 10.6. The summed E-state index contributed by atoms with van der Waals surface area (Å²) in [5.74, 6) is -1.06. The molecule has 23 heavy (non-hydrogen) atoms. The molecular weight excluding hydrogens is 302 g/mol. The van der Waals surface area contributed by atoms with E-state index >= 15 is 0 Å². The van der Waals surface area contributed by atoms with Gasteiger partial charge in [-0.1, -0.05) is 25.1 Å². The Balaban J connectivity index is 2.39. The van der Waals surface area contributed by atoms with Crippen LogP contribution >= 0.6 is 0 Å². The van der Waals surface area contributed by atoms with Crippen LogP contribution in [0.3, 0.4) is 0 Å². The van der Waals surface area contributed by atoms with Crippen molar-refractivity contribution in [2.24, 2.45) is 0 Å². The molecular formula is C16H19NO6. The quantitative estimate of drug-likeness (QED) is 0.164. The van der Waals surface area contributed by atoms with Crippen molar-refractivity contribution < 1.29 is 24.0 Å². The molecule has 0 aliphatic rings. The number of nitro groups is 1. The Kier molecular flexibility index (Phi) is 8.23. The lowest BCUT2D eigenvalue weighted by Crippen LogP contribution is -2.13. The largest absolute Gasteiger partial charge is 0.463 e. The van der Waals surface area contributed by atoms with Crippen LogP contribution in [0.5, 0.6) is 0 Å². The predicted octanol–water partition coefficient (Wildman–Crippen LogP) is 2.54. The summed E-state index contributed by atoms with van der Waals surface area (Å²) < 4.78 is 10.00. The molecule has 0 bridgehead atoms. The number of benzene rings is 1. The minimum atomic E-state index is -0.626. The van der Waals surface area contributed by atoms with Crippen LogP contribution in [0, 0.1) is 10.1 Å². The normalized spacial score (nSPS) is 10.7. The van der Waals surface area contributed by atoms with Gasteiger partial charge in [-0.25, -0.2) is 0 Å². The maximum Gasteiger partial charge on any atom is 0.313 e. The van der Waals surface area contributed by atoms with Crippen molar-refractivity contribution in [3.8, 4) is 0 Å². The third kappa shape index (κ3) is 7.87. The van der Waals surface area contributed by atoms with Crippen molar-refractivity contribution >= 4 is 23.5 Å². The molecule has 7 heteroatoms. The van der Waals surface area contributed by atoms with Crippen LogP contribution < -0.4 is 0 Å². The van der Waals surface area contributed by atoms with E-state index in [2.05, 4.69) is 0 Å². The maximum atomic E-state index is 11.6. The Morgan fingerprint density at radius 1 is 1.26 bits per heavy atom. The first-order chi connectivity index (χ1) is 11.0.